The van der Waals surface area contributed by atoms with Crippen LogP contribution in [0, 0.1) is 10.1 Å². The van der Waals surface area contributed by atoms with Crippen LogP contribution in [0.2, 0.25) is 0 Å². The van der Waals surface area contributed by atoms with Gasteiger partial charge in [0.05, 0.1) is 10.5 Å². The summed E-state index contributed by atoms with van der Waals surface area (Å²) in [5.41, 5.74) is -0.157. The van der Waals surface area contributed by atoms with Crippen molar-refractivity contribution in [2.24, 2.45) is 0 Å². The van der Waals surface area contributed by atoms with Gasteiger partial charge in [0, 0.05) is 32.2 Å². The van der Waals surface area contributed by atoms with Crippen LogP contribution >= 0.6 is 0 Å². The number of hydrogen-bond donors (Lipinski definition) is 1. The fraction of sp³-hybridized carbons (Fsp3) is 0.500. The first-order valence-electron chi connectivity index (χ1n) is 6.07. The largest absolute Gasteiger partial charge is 0.314 e. The molecule has 1 heterocycles. The molecule has 104 valence electrons. The quantitative estimate of drug-likeness (QED) is 0.670. The molecule has 0 spiro atoms. The maximum absolute atomic E-state index is 13.3. The highest BCUT2D eigenvalue weighted by Gasteiger charge is 2.34. The van der Waals surface area contributed by atoms with E-state index in [1.54, 1.807) is 11.0 Å². The fourth-order valence-electron chi connectivity index (χ4n) is 2.36. The van der Waals surface area contributed by atoms with Crippen LogP contribution in [0.4, 0.5) is 14.5 Å². The minimum absolute atomic E-state index is 0.0874. The van der Waals surface area contributed by atoms with Gasteiger partial charge in [-0.2, -0.15) is 0 Å². The van der Waals surface area contributed by atoms with Crippen molar-refractivity contribution in [1.29, 1.82) is 0 Å². The van der Waals surface area contributed by atoms with Crippen molar-refractivity contribution in [3.05, 3.63) is 39.9 Å². The van der Waals surface area contributed by atoms with E-state index in [0.29, 0.717) is 26.2 Å². The lowest BCUT2D eigenvalue weighted by atomic mass is 10.0. The molecular formula is C12H15F2N3O2. The first-order chi connectivity index (χ1) is 9.11. The topological polar surface area (TPSA) is 58.4 Å². The van der Waals surface area contributed by atoms with Crippen molar-refractivity contribution in [3.8, 4) is 0 Å². The zero-order valence-electron chi connectivity index (χ0n) is 10.3. The number of hydrogen-bond acceptors (Lipinski definition) is 4. The number of rotatable bonds is 4. The maximum Gasteiger partial charge on any atom is 0.274 e. The van der Waals surface area contributed by atoms with E-state index in [1.807, 2.05) is 0 Å². The van der Waals surface area contributed by atoms with E-state index < -0.39 is 17.4 Å². The molecule has 1 aromatic rings. The van der Waals surface area contributed by atoms with Crippen LogP contribution < -0.4 is 5.32 Å². The molecule has 0 saturated carbocycles. The summed E-state index contributed by atoms with van der Waals surface area (Å²) in [6.45, 7) is 2.15. The van der Waals surface area contributed by atoms with Gasteiger partial charge in [-0.15, -0.1) is 0 Å². The summed E-state index contributed by atoms with van der Waals surface area (Å²) < 4.78 is 26.7. The van der Waals surface area contributed by atoms with Gasteiger partial charge in [-0.05, 0) is 0 Å². The summed E-state index contributed by atoms with van der Waals surface area (Å²) in [6, 6.07) is 4.51. The fourth-order valence-corrected chi connectivity index (χ4v) is 2.36. The van der Waals surface area contributed by atoms with Crippen LogP contribution in [-0.4, -0.2) is 42.4 Å². The van der Waals surface area contributed by atoms with Crippen LogP contribution in [0.1, 0.15) is 11.6 Å². The van der Waals surface area contributed by atoms with Gasteiger partial charge < -0.3 is 5.32 Å². The molecule has 2 rings (SSSR count). The number of nitrogens with zero attached hydrogens (tertiary/aromatic N) is 2. The summed E-state index contributed by atoms with van der Waals surface area (Å²) in [4.78, 5) is 12.0. The summed E-state index contributed by atoms with van der Waals surface area (Å²) >= 11 is 0. The standard InChI is InChI=1S/C12H15F2N3O2/c13-12(14)11(16-7-5-15-6-8-16)9-3-1-2-4-10(9)17(18)19/h1-4,11-12,15H,5-8H2/t11-/m0/s1. The lowest BCUT2D eigenvalue weighted by Crippen LogP contribution is -2.47. The third-order valence-electron chi connectivity index (χ3n) is 3.24. The van der Waals surface area contributed by atoms with Crippen molar-refractivity contribution in [2.45, 2.75) is 12.5 Å². The van der Waals surface area contributed by atoms with E-state index in [0.717, 1.165) is 0 Å². The van der Waals surface area contributed by atoms with Crippen molar-refractivity contribution < 1.29 is 13.7 Å². The Bertz CT molecular complexity index is 450. The van der Waals surface area contributed by atoms with Gasteiger partial charge in [0.2, 0.25) is 0 Å². The van der Waals surface area contributed by atoms with Gasteiger partial charge in [0.1, 0.15) is 6.04 Å². The van der Waals surface area contributed by atoms with Crippen molar-refractivity contribution in [3.63, 3.8) is 0 Å². The highest BCUT2D eigenvalue weighted by Crippen LogP contribution is 2.33. The second-order valence-electron chi connectivity index (χ2n) is 4.38. The van der Waals surface area contributed by atoms with Crippen molar-refractivity contribution in [1.82, 2.24) is 10.2 Å². The number of nitro groups is 1. The molecule has 1 saturated heterocycles. The summed E-state index contributed by atoms with van der Waals surface area (Å²) in [6.07, 6.45) is -2.65. The van der Waals surface area contributed by atoms with E-state index >= 15 is 0 Å². The Hall–Kier alpha value is -1.60. The highest BCUT2D eigenvalue weighted by atomic mass is 19.3. The van der Waals surface area contributed by atoms with E-state index in [2.05, 4.69) is 5.32 Å². The first kappa shape index (κ1) is 13.8. The van der Waals surface area contributed by atoms with Crippen LogP contribution in [0.15, 0.2) is 24.3 Å². The molecule has 1 N–H and O–H groups in total. The number of alkyl halides is 2. The van der Waals surface area contributed by atoms with Crippen LogP contribution in [0.5, 0.6) is 0 Å². The van der Waals surface area contributed by atoms with Crippen LogP contribution in [-0.2, 0) is 0 Å². The number of nitro benzene ring substituents is 1. The molecule has 1 aliphatic rings. The highest BCUT2D eigenvalue weighted by molar-refractivity contribution is 5.42. The Morgan fingerprint density at radius 3 is 2.47 bits per heavy atom. The molecule has 0 radical (unpaired) electrons. The molecule has 5 nitrogen and oxygen atoms in total. The molecule has 1 aromatic carbocycles. The summed E-state index contributed by atoms with van der Waals surface area (Å²) in [5, 5.41) is 14.0. The second-order valence-corrected chi connectivity index (χ2v) is 4.38. The molecule has 7 heteroatoms. The Balaban J connectivity index is 2.35. The molecule has 0 aliphatic carbocycles. The molecule has 0 aromatic heterocycles. The average molecular weight is 271 g/mol. The summed E-state index contributed by atoms with van der Waals surface area (Å²) in [7, 11) is 0. The van der Waals surface area contributed by atoms with E-state index in [1.165, 1.54) is 18.2 Å². The number of halogens is 2. The van der Waals surface area contributed by atoms with Gasteiger partial charge in [-0.25, -0.2) is 8.78 Å². The third-order valence-corrected chi connectivity index (χ3v) is 3.24. The van der Waals surface area contributed by atoms with Gasteiger partial charge in [-0.3, -0.25) is 15.0 Å². The summed E-state index contributed by atoms with van der Waals surface area (Å²) in [5.74, 6) is 0. The predicted octanol–water partition coefficient (Wildman–Crippen LogP) is 1.81. The lowest BCUT2D eigenvalue weighted by Gasteiger charge is -2.34. The second kappa shape index (κ2) is 6.03. The van der Waals surface area contributed by atoms with Crippen molar-refractivity contribution in [2.75, 3.05) is 26.2 Å². The zero-order valence-corrected chi connectivity index (χ0v) is 10.3. The SMILES string of the molecule is O=[N+]([O-])c1ccccc1[C@@H](C(F)F)N1CCNCC1. The zero-order chi connectivity index (χ0) is 13.8. The van der Waals surface area contributed by atoms with Crippen molar-refractivity contribution >= 4 is 5.69 Å². The van der Waals surface area contributed by atoms with E-state index in [9.17, 15) is 18.9 Å². The monoisotopic (exact) mass is 271 g/mol. The van der Waals surface area contributed by atoms with Crippen LogP contribution in [0.25, 0.3) is 0 Å². The lowest BCUT2D eigenvalue weighted by molar-refractivity contribution is -0.386. The third kappa shape index (κ3) is 3.05. The van der Waals surface area contributed by atoms with Gasteiger partial charge in [0.15, 0.2) is 0 Å². The van der Waals surface area contributed by atoms with Crippen LogP contribution in [0.3, 0.4) is 0 Å². The number of nitrogens with one attached hydrogen (secondary N) is 1. The molecule has 1 fully saturated rings. The number of para-hydroxylation sites is 1. The molecule has 1 aliphatic heterocycles. The molecule has 0 bridgehead atoms. The number of benzene rings is 1. The van der Waals surface area contributed by atoms with E-state index in [4.69, 9.17) is 0 Å². The smallest absolute Gasteiger partial charge is 0.274 e. The molecule has 0 unspecified atom stereocenters. The minimum Gasteiger partial charge on any atom is -0.314 e. The Kier molecular flexibility index (Phi) is 4.39. The molecule has 19 heavy (non-hydrogen) atoms. The van der Waals surface area contributed by atoms with Gasteiger partial charge in [-0.1, -0.05) is 18.2 Å². The molecule has 0 amide bonds. The predicted molar refractivity (Wildman–Crippen MR) is 66.3 cm³/mol. The van der Waals surface area contributed by atoms with Gasteiger partial charge >= 0.3 is 0 Å². The average Bonchev–Trinajstić information content (AvgIpc) is 2.40. The Labute approximate surface area is 109 Å². The van der Waals surface area contributed by atoms with Gasteiger partial charge in [0.25, 0.3) is 12.1 Å². The maximum atomic E-state index is 13.3. The molecule has 1 atom stereocenters. The first-order valence-corrected chi connectivity index (χ1v) is 6.07. The normalized spacial score (nSPS) is 18.5. The van der Waals surface area contributed by atoms with E-state index in [-0.39, 0.29) is 11.3 Å². The number of piperazine rings is 1. The Morgan fingerprint density at radius 2 is 1.89 bits per heavy atom. The minimum atomic E-state index is -2.65. The molecular weight excluding hydrogens is 256 g/mol. The Morgan fingerprint density at radius 1 is 1.26 bits per heavy atom.